The summed E-state index contributed by atoms with van der Waals surface area (Å²) in [6.07, 6.45) is 1.49. The molecule has 0 aliphatic rings. The van der Waals surface area contributed by atoms with E-state index in [4.69, 9.17) is 5.26 Å². The number of nitrogens with zero attached hydrogens (tertiary/aromatic N) is 5. The second kappa shape index (κ2) is 4.63. The highest BCUT2D eigenvalue weighted by atomic mass is 16.1. The molecule has 3 aromatic rings. The number of aromatic nitrogens is 4. The van der Waals surface area contributed by atoms with E-state index in [1.165, 1.54) is 10.8 Å². The van der Waals surface area contributed by atoms with Gasteiger partial charge in [-0.25, -0.2) is 9.67 Å². The average Bonchev–Trinajstić information content (AvgIpc) is 2.88. The lowest BCUT2D eigenvalue weighted by molar-refractivity contribution is 0.732. The third kappa shape index (κ3) is 1.77. The van der Waals surface area contributed by atoms with Crippen molar-refractivity contribution in [1.29, 1.82) is 5.26 Å². The molecule has 0 N–H and O–H groups in total. The van der Waals surface area contributed by atoms with Crippen molar-refractivity contribution in [2.75, 3.05) is 0 Å². The summed E-state index contributed by atoms with van der Waals surface area (Å²) in [6, 6.07) is 11.5. The molecule has 2 aromatic heterocycles. The van der Waals surface area contributed by atoms with Gasteiger partial charge in [0, 0.05) is 0 Å². The van der Waals surface area contributed by atoms with Gasteiger partial charge in [-0.15, -0.1) is 0 Å². The molecule has 0 aliphatic heterocycles. The molecule has 0 saturated carbocycles. The van der Waals surface area contributed by atoms with Crippen LogP contribution in [0.3, 0.4) is 0 Å². The minimum Gasteiger partial charge on any atom is -0.282 e. The molecule has 0 spiro atoms. The van der Waals surface area contributed by atoms with Crippen LogP contribution < -0.4 is 5.56 Å². The van der Waals surface area contributed by atoms with Crippen molar-refractivity contribution in [1.82, 2.24) is 19.3 Å². The quantitative estimate of drug-likeness (QED) is 0.702. The molecule has 0 atom stereocenters. The van der Waals surface area contributed by atoms with Crippen LogP contribution in [0.15, 0.2) is 41.3 Å². The van der Waals surface area contributed by atoms with E-state index in [1.54, 1.807) is 11.6 Å². The highest BCUT2D eigenvalue weighted by Gasteiger charge is 2.13. The van der Waals surface area contributed by atoms with E-state index in [-0.39, 0.29) is 12.1 Å². The van der Waals surface area contributed by atoms with Gasteiger partial charge in [0.05, 0.1) is 18.0 Å². The van der Waals surface area contributed by atoms with E-state index in [9.17, 15) is 4.79 Å². The number of aryl methyl sites for hydroxylation is 1. The molecular formula is C14H11N5O. The highest BCUT2D eigenvalue weighted by Crippen LogP contribution is 2.13. The molecule has 0 unspecified atom stereocenters. The number of para-hydroxylation sites is 1. The van der Waals surface area contributed by atoms with Gasteiger partial charge in [0.2, 0.25) is 0 Å². The van der Waals surface area contributed by atoms with Gasteiger partial charge in [-0.05, 0) is 19.1 Å². The van der Waals surface area contributed by atoms with Crippen molar-refractivity contribution in [2.24, 2.45) is 0 Å². The highest BCUT2D eigenvalue weighted by molar-refractivity contribution is 5.75. The summed E-state index contributed by atoms with van der Waals surface area (Å²) in [4.78, 5) is 16.7. The molecule has 6 heteroatoms. The lowest BCUT2D eigenvalue weighted by Crippen LogP contribution is -2.23. The number of nitriles is 1. The monoisotopic (exact) mass is 265 g/mol. The summed E-state index contributed by atoms with van der Waals surface area (Å²) >= 11 is 0. The fourth-order valence-electron chi connectivity index (χ4n) is 2.12. The maximum atomic E-state index is 12.3. The summed E-state index contributed by atoms with van der Waals surface area (Å²) in [7, 11) is 0. The molecule has 2 heterocycles. The van der Waals surface area contributed by atoms with Gasteiger partial charge in [-0.2, -0.15) is 10.4 Å². The van der Waals surface area contributed by atoms with Crippen LogP contribution in [0.5, 0.6) is 0 Å². The topological polar surface area (TPSA) is 76.5 Å². The molecule has 6 nitrogen and oxygen atoms in total. The molecule has 20 heavy (non-hydrogen) atoms. The lowest BCUT2D eigenvalue weighted by Gasteiger charge is -2.06. The summed E-state index contributed by atoms with van der Waals surface area (Å²) in [5.74, 6) is 0.502. The summed E-state index contributed by atoms with van der Waals surface area (Å²) < 4.78 is 2.97. The Balaban J connectivity index is 2.30. The van der Waals surface area contributed by atoms with E-state index in [0.29, 0.717) is 16.9 Å². The van der Waals surface area contributed by atoms with Crippen LogP contribution in [0, 0.1) is 18.3 Å². The fraction of sp³-hybridized carbons (Fsp3) is 0.143. The first-order valence-corrected chi connectivity index (χ1v) is 6.10. The zero-order chi connectivity index (χ0) is 14.1. The third-order valence-electron chi connectivity index (χ3n) is 3.11. The summed E-state index contributed by atoms with van der Waals surface area (Å²) in [5.41, 5.74) is 1.11. The Labute approximate surface area is 114 Å². The minimum absolute atomic E-state index is 0.00980. The Morgan fingerprint density at radius 1 is 1.30 bits per heavy atom. The molecular weight excluding hydrogens is 254 g/mol. The Morgan fingerprint density at radius 3 is 2.75 bits per heavy atom. The van der Waals surface area contributed by atoms with Gasteiger partial charge >= 0.3 is 0 Å². The van der Waals surface area contributed by atoms with Crippen LogP contribution in [0.4, 0.5) is 0 Å². The number of hydrogen-bond acceptors (Lipinski definition) is 4. The molecule has 0 saturated heterocycles. The van der Waals surface area contributed by atoms with E-state index in [0.717, 1.165) is 5.69 Å². The smallest absolute Gasteiger partial charge is 0.265 e. The second-order valence-corrected chi connectivity index (χ2v) is 4.34. The van der Waals surface area contributed by atoms with E-state index < -0.39 is 0 Å². The van der Waals surface area contributed by atoms with Gasteiger partial charge < -0.3 is 0 Å². The molecule has 0 fully saturated rings. The SMILES string of the molecule is Cc1nc2c(cnn2-c2ccccc2)c(=O)n1CC#N. The molecule has 3 rings (SSSR count). The zero-order valence-electron chi connectivity index (χ0n) is 10.8. The fourth-order valence-corrected chi connectivity index (χ4v) is 2.12. The first-order chi connectivity index (χ1) is 9.72. The Bertz CT molecular complexity index is 870. The van der Waals surface area contributed by atoms with Gasteiger partial charge in [0.15, 0.2) is 5.65 Å². The van der Waals surface area contributed by atoms with Crippen molar-refractivity contribution in [2.45, 2.75) is 13.5 Å². The Kier molecular flexibility index (Phi) is 2.80. The van der Waals surface area contributed by atoms with Gasteiger partial charge in [0.1, 0.15) is 17.8 Å². The maximum absolute atomic E-state index is 12.3. The van der Waals surface area contributed by atoms with Crippen LogP contribution in [-0.2, 0) is 6.54 Å². The van der Waals surface area contributed by atoms with Crippen LogP contribution in [0.2, 0.25) is 0 Å². The molecule has 0 amide bonds. The minimum atomic E-state index is -0.240. The molecule has 0 aliphatic carbocycles. The second-order valence-electron chi connectivity index (χ2n) is 4.34. The van der Waals surface area contributed by atoms with Crippen molar-refractivity contribution in [3.05, 3.63) is 52.7 Å². The van der Waals surface area contributed by atoms with Gasteiger partial charge in [-0.1, -0.05) is 18.2 Å². The first kappa shape index (κ1) is 12.1. The van der Waals surface area contributed by atoms with Crippen molar-refractivity contribution in [3.63, 3.8) is 0 Å². The standard InChI is InChI=1S/C14H11N5O/c1-10-17-13-12(14(20)18(10)8-7-15)9-16-19(13)11-5-3-2-4-6-11/h2-6,9H,8H2,1H3. The number of benzene rings is 1. The summed E-state index contributed by atoms with van der Waals surface area (Å²) in [5, 5.41) is 13.4. The Hall–Kier alpha value is -2.94. The van der Waals surface area contributed by atoms with Crippen LogP contribution in [0.25, 0.3) is 16.7 Å². The molecule has 1 aromatic carbocycles. The van der Waals surface area contributed by atoms with E-state index in [1.807, 2.05) is 36.4 Å². The molecule has 0 bridgehead atoms. The lowest BCUT2D eigenvalue weighted by atomic mass is 10.3. The maximum Gasteiger partial charge on any atom is 0.265 e. The van der Waals surface area contributed by atoms with Crippen molar-refractivity contribution >= 4 is 11.0 Å². The van der Waals surface area contributed by atoms with Crippen LogP contribution in [0.1, 0.15) is 5.82 Å². The number of fused-ring (bicyclic) bond motifs is 1. The van der Waals surface area contributed by atoms with Gasteiger partial charge in [0.25, 0.3) is 5.56 Å². The zero-order valence-corrected chi connectivity index (χ0v) is 10.8. The predicted octanol–water partition coefficient (Wildman–Crippen LogP) is 1.41. The van der Waals surface area contributed by atoms with Crippen LogP contribution in [-0.4, -0.2) is 19.3 Å². The van der Waals surface area contributed by atoms with E-state index in [2.05, 4.69) is 10.1 Å². The van der Waals surface area contributed by atoms with Crippen molar-refractivity contribution in [3.8, 4) is 11.8 Å². The largest absolute Gasteiger partial charge is 0.282 e. The average molecular weight is 265 g/mol. The Morgan fingerprint density at radius 2 is 2.05 bits per heavy atom. The summed E-state index contributed by atoms with van der Waals surface area (Å²) in [6.45, 7) is 1.70. The van der Waals surface area contributed by atoms with E-state index >= 15 is 0 Å². The number of rotatable bonds is 2. The molecule has 98 valence electrons. The number of hydrogen-bond donors (Lipinski definition) is 0. The first-order valence-electron chi connectivity index (χ1n) is 6.10. The molecule has 0 radical (unpaired) electrons. The van der Waals surface area contributed by atoms with Crippen molar-refractivity contribution < 1.29 is 0 Å². The third-order valence-corrected chi connectivity index (χ3v) is 3.11. The predicted molar refractivity (Wildman–Crippen MR) is 73.5 cm³/mol. The normalized spacial score (nSPS) is 10.6. The van der Waals surface area contributed by atoms with Gasteiger partial charge in [-0.3, -0.25) is 9.36 Å². The van der Waals surface area contributed by atoms with Crippen LogP contribution >= 0.6 is 0 Å².